The minimum Gasteiger partial charge on any atom is -0.392 e. The van der Waals surface area contributed by atoms with Crippen molar-refractivity contribution < 1.29 is 17.9 Å². The van der Waals surface area contributed by atoms with Crippen LogP contribution >= 0.6 is 15.9 Å². The molecule has 0 amide bonds. The van der Waals surface area contributed by atoms with Gasteiger partial charge in [0.05, 0.1) is 17.2 Å². The van der Waals surface area contributed by atoms with Crippen molar-refractivity contribution in [2.24, 2.45) is 0 Å². The summed E-state index contributed by atoms with van der Waals surface area (Å²) >= 11 is 3.09. The highest BCUT2D eigenvalue weighted by molar-refractivity contribution is 9.10. The molecule has 106 valence electrons. The van der Waals surface area contributed by atoms with Gasteiger partial charge >= 0.3 is 0 Å². The van der Waals surface area contributed by atoms with Crippen molar-refractivity contribution in [2.45, 2.75) is 11.5 Å². The third kappa shape index (κ3) is 3.36. The summed E-state index contributed by atoms with van der Waals surface area (Å²) in [5.74, 6) is -0.470. The normalized spacial score (nSPS) is 11.3. The average molecular weight is 360 g/mol. The fourth-order valence-electron chi connectivity index (χ4n) is 1.59. The Hall–Kier alpha value is -1.44. The molecule has 20 heavy (non-hydrogen) atoms. The van der Waals surface area contributed by atoms with Gasteiger partial charge in [-0.25, -0.2) is 12.8 Å². The summed E-state index contributed by atoms with van der Waals surface area (Å²) in [5, 5.41) is 9.03. The van der Waals surface area contributed by atoms with Crippen molar-refractivity contribution in [1.29, 1.82) is 0 Å². The monoisotopic (exact) mass is 359 g/mol. The Morgan fingerprint density at radius 1 is 1.20 bits per heavy atom. The number of anilines is 1. The topological polar surface area (TPSA) is 66.4 Å². The lowest BCUT2D eigenvalue weighted by Crippen LogP contribution is -2.13. The molecule has 7 heteroatoms. The Morgan fingerprint density at radius 3 is 2.60 bits per heavy atom. The minimum absolute atomic E-state index is 0.0280. The van der Waals surface area contributed by atoms with Gasteiger partial charge in [-0.05, 0) is 51.8 Å². The molecule has 0 spiro atoms. The highest BCUT2D eigenvalue weighted by atomic mass is 79.9. The number of sulfonamides is 1. The summed E-state index contributed by atoms with van der Waals surface area (Å²) in [6.45, 7) is -0.246. The highest BCUT2D eigenvalue weighted by Gasteiger charge is 2.16. The summed E-state index contributed by atoms with van der Waals surface area (Å²) in [5.41, 5.74) is 0.729. The minimum atomic E-state index is -3.79. The van der Waals surface area contributed by atoms with Gasteiger partial charge in [0.25, 0.3) is 10.0 Å². The maximum atomic E-state index is 13.0. The van der Waals surface area contributed by atoms with Crippen LogP contribution in [0, 0.1) is 5.82 Å². The first-order valence-electron chi connectivity index (χ1n) is 5.60. The number of rotatable bonds is 4. The van der Waals surface area contributed by atoms with Crippen LogP contribution in [-0.4, -0.2) is 13.5 Å². The summed E-state index contributed by atoms with van der Waals surface area (Å²) in [6.07, 6.45) is 0. The summed E-state index contributed by atoms with van der Waals surface area (Å²) in [6, 6.07) is 9.60. The predicted molar refractivity (Wildman–Crippen MR) is 77.3 cm³/mol. The van der Waals surface area contributed by atoms with Crippen LogP contribution < -0.4 is 4.72 Å². The van der Waals surface area contributed by atoms with Crippen LogP contribution in [0.2, 0.25) is 0 Å². The lowest BCUT2D eigenvalue weighted by atomic mass is 10.2. The first-order valence-corrected chi connectivity index (χ1v) is 7.87. The van der Waals surface area contributed by atoms with Gasteiger partial charge in [0.15, 0.2) is 0 Å². The molecular weight excluding hydrogens is 349 g/mol. The SMILES string of the molecule is O=S(=O)(Nc1ccc(F)cc1Br)c1cccc(CO)c1. The van der Waals surface area contributed by atoms with E-state index in [0.717, 1.165) is 6.07 Å². The van der Waals surface area contributed by atoms with E-state index in [0.29, 0.717) is 10.0 Å². The van der Waals surface area contributed by atoms with Crippen LogP contribution in [0.4, 0.5) is 10.1 Å². The largest absolute Gasteiger partial charge is 0.392 e. The smallest absolute Gasteiger partial charge is 0.261 e. The van der Waals surface area contributed by atoms with Gasteiger partial charge in [-0.2, -0.15) is 0 Å². The number of nitrogens with one attached hydrogen (secondary N) is 1. The van der Waals surface area contributed by atoms with Crippen LogP contribution in [0.5, 0.6) is 0 Å². The van der Waals surface area contributed by atoms with E-state index >= 15 is 0 Å². The number of aliphatic hydroxyl groups is 1. The van der Waals surface area contributed by atoms with Gasteiger partial charge in [-0.15, -0.1) is 0 Å². The van der Waals surface area contributed by atoms with Gasteiger partial charge in [0.2, 0.25) is 0 Å². The second kappa shape index (κ2) is 5.90. The first kappa shape index (κ1) is 15.0. The van der Waals surface area contributed by atoms with Crippen molar-refractivity contribution in [1.82, 2.24) is 0 Å². The molecule has 0 saturated carbocycles. The molecule has 0 heterocycles. The van der Waals surface area contributed by atoms with Gasteiger partial charge < -0.3 is 5.11 Å². The Morgan fingerprint density at radius 2 is 1.95 bits per heavy atom. The molecule has 0 saturated heterocycles. The fourth-order valence-corrected chi connectivity index (χ4v) is 3.32. The number of hydrogen-bond donors (Lipinski definition) is 2. The van der Waals surface area contributed by atoms with Crippen molar-refractivity contribution in [3.05, 3.63) is 58.3 Å². The molecule has 2 N–H and O–H groups in total. The predicted octanol–water partition coefficient (Wildman–Crippen LogP) is 2.88. The molecular formula is C13H11BrFNO3S. The van der Waals surface area contributed by atoms with Crippen molar-refractivity contribution in [3.8, 4) is 0 Å². The van der Waals surface area contributed by atoms with Gasteiger partial charge in [0, 0.05) is 4.47 Å². The van der Waals surface area contributed by atoms with Crippen molar-refractivity contribution >= 4 is 31.6 Å². The third-order valence-electron chi connectivity index (χ3n) is 2.57. The quantitative estimate of drug-likeness (QED) is 0.881. The van der Waals surface area contributed by atoms with E-state index in [-0.39, 0.29) is 17.2 Å². The molecule has 0 unspecified atom stereocenters. The van der Waals surface area contributed by atoms with Crippen LogP contribution in [0.1, 0.15) is 5.56 Å². The summed E-state index contributed by atoms with van der Waals surface area (Å²) in [4.78, 5) is 0.0280. The van der Waals surface area contributed by atoms with E-state index in [4.69, 9.17) is 5.11 Å². The Kier molecular flexibility index (Phi) is 4.42. The molecule has 0 aliphatic carbocycles. The molecule has 4 nitrogen and oxygen atoms in total. The molecule has 0 radical (unpaired) electrons. The van der Waals surface area contributed by atoms with Crippen molar-refractivity contribution in [3.63, 3.8) is 0 Å². The second-order valence-electron chi connectivity index (χ2n) is 4.04. The zero-order valence-electron chi connectivity index (χ0n) is 10.2. The molecule has 0 bridgehead atoms. The number of benzene rings is 2. The number of aliphatic hydroxyl groups excluding tert-OH is 1. The van der Waals surface area contributed by atoms with Crippen molar-refractivity contribution in [2.75, 3.05) is 4.72 Å². The fraction of sp³-hybridized carbons (Fsp3) is 0.0769. The maximum Gasteiger partial charge on any atom is 0.261 e. The molecule has 0 aliphatic rings. The lowest BCUT2D eigenvalue weighted by molar-refractivity contribution is 0.281. The van der Waals surface area contributed by atoms with Gasteiger partial charge in [-0.3, -0.25) is 4.72 Å². The molecule has 0 aromatic heterocycles. The maximum absolute atomic E-state index is 13.0. The zero-order valence-corrected chi connectivity index (χ0v) is 12.6. The molecule has 0 aliphatic heterocycles. The van der Waals surface area contributed by atoms with Gasteiger partial charge in [0.1, 0.15) is 5.82 Å². The van der Waals surface area contributed by atoms with E-state index in [1.54, 1.807) is 12.1 Å². The second-order valence-corrected chi connectivity index (χ2v) is 6.57. The Balaban J connectivity index is 2.35. The van der Waals surface area contributed by atoms with Gasteiger partial charge in [-0.1, -0.05) is 12.1 Å². The molecule has 2 aromatic carbocycles. The molecule has 2 aromatic rings. The molecule has 0 atom stereocenters. The highest BCUT2D eigenvalue weighted by Crippen LogP contribution is 2.26. The zero-order chi connectivity index (χ0) is 14.8. The number of halogens is 2. The van der Waals surface area contributed by atoms with E-state index in [1.165, 1.54) is 24.3 Å². The van der Waals surface area contributed by atoms with Crippen LogP contribution in [-0.2, 0) is 16.6 Å². The summed E-state index contributed by atoms with van der Waals surface area (Å²) in [7, 11) is -3.79. The Bertz CT molecular complexity index is 734. The lowest BCUT2D eigenvalue weighted by Gasteiger charge is -2.10. The third-order valence-corrected chi connectivity index (χ3v) is 4.59. The van der Waals surface area contributed by atoms with E-state index in [1.807, 2.05) is 0 Å². The van der Waals surface area contributed by atoms with Crippen LogP contribution in [0.25, 0.3) is 0 Å². The number of hydrogen-bond acceptors (Lipinski definition) is 3. The van der Waals surface area contributed by atoms with E-state index < -0.39 is 15.8 Å². The standard InChI is InChI=1S/C13H11BrFNO3S/c14-12-7-10(15)4-5-13(12)16-20(18,19)11-3-1-2-9(6-11)8-17/h1-7,16-17H,8H2. The first-order chi connectivity index (χ1) is 9.42. The van der Waals surface area contributed by atoms with E-state index in [2.05, 4.69) is 20.7 Å². The Labute approximate surface area is 124 Å². The van der Waals surface area contributed by atoms with Crippen LogP contribution in [0.3, 0.4) is 0 Å². The summed E-state index contributed by atoms with van der Waals surface area (Å²) < 4.78 is 40.0. The van der Waals surface area contributed by atoms with E-state index in [9.17, 15) is 12.8 Å². The average Bonchev–Trinajstić information content (AvgIpc) is 2.42. The molecule has 2 rings (SSSR count). The molecule has 0 fully saturated rings. The van der Waals surface area contributed by atoms with Crippen LogP contribution in [0.15, 0.2) is 51.8 Å².